The SMILES string of the molecule is CCCCOCc1cc(CO)ccc1Br. The number of hydrogen-bond acceptors (Lipinski definition) is 2. The Morgan fingerprint density at radius 1 is 1.40 bits per heavy atom. The average Bonchev–Trinajstić information content (AvgIpc) is 2.26. The molecule has 0 spiro atoms. The fourth-order valence-corrected chi connectivity index (χ4v) is 1.63. The van der Waals surface area contributed by atoms with Crippen molar-refractivity contribution in [3.63, 3.8) is 0 Å². The van der Waals surface area contributed by atoms with E-state index in [1.165, 1.54) is 0 Å². The van der Waals surface area contributed by atoms with Crippen molar-refractivity contribution < 1.29 is 9.84 Å². The lowest BCUT2D eigenvalue weighted by Crippen LogP contribution is -1.97. The molecule has 15 heavy (non-hydrogen) atoms. The van der Waals surface area contributed by atoms with Crippen molar-refractivity contribution in [1.82, 2.24) is 0 Å². The molecule has 0 atom stereocenters. The van der Waals surface area contributed by atoms with Crippen molar-refractivity contribution in [3.05, 3.63) is 33.8 Å². The summed E-state index contributed by atoms with van der Waals surface area (Å²) < 4.78 is 6.57. The smallest absolute Gasteiger partial charge is 0.0727 e. The number of rotatable bonds is 6. The number of hydrogen-bond donors (Lipinski definition) is 1. The average molecular weight is 273 g/mol. The van der Waals surface area contributed by atoms with Crippen LogP contribution in [-0.2, 0) is 18.0 Å². The normalized spacial score (nSPS) is 10.6. The first kappa shape index (κ1) is 12.7. The van der Waals surface area contributed by atoms with E-state index in [4.69, 9.17) is 9.84 Å². The summed E-state index contributed by atoms with van der Waals surface area (Å²) in [7, 11) is 0. The van der Waals surface area contributed by atoms with E-state index in [-0.39, 0.29) is 6.61 Å². The quantitative estimate of drug-likeness (QED) is 0.806. The maximum atomic E-state index is 9.01. The topological polar surface area (TPSA) is 29.5 Å². The van der Waals surface area contributed by atoms with Gasteiger partial charge in [0.05, 0.1) is 13.2 Å². The Kier molecular flexibility index (Phi) is 5.91. The first-order chi connectivity index (χ1) is 7.27. The fourth-order valence-electron chi connectivity index (χ4n) is 1.27. The third-order valence-electron chi connectivity index (χ3n) is 2.19. The summed E-state index contributed by atoms with van der Waals surface area (Å²) in [5.41, 5.74) is 2.02. The zero-order chi connectivity index (χ0) is 11.1. The van der Waals surface area contributed by atoms with Gasteiger partial charge in [-0.3, -0.25) is 0 Å². The first-order valence-electron chi connectivity index (χ1n) is 5.23. The van der Waals surface area contributed by atoms with E-state index in [1.807, 2.05) is 18.2 Å². The van der Waals surface area contributed by atoms with Crippen LogP contribution >= 0.6 is 15.9 Å². The van der Waals surface area contributed by atoms with E-state index >= 15 is 0 Å². The molecule has 0 amide bonds. The standard InChI is InChI=1S/C12H17BrO2/c1-2-3-6-15-9-11-7-10(8-14)4-5-12(11)13/h4-5,7,14H,2-3,6,8-9H2,1H3. The van der Waals surface area contributed by atoms with Crippen molar-refractivity contribution in [2.24, 2.45) is 0 Å². The highest BCUT2D eigenvalue weighted by Gasteiger charge is 2.01. The summed E-state index contributed by atoms with van der Waals surface area (Å²) >= 11 is 3.47. The summed E-state index contributed by atoms with van der Waals surface area (Å²) in [6.07, 6.45) is 2.25. The number of aliphatic hydroxyl groups excluding tert-OH is 1. The third kappa shape index (κ3) is 4.33. The molecule has 0 heterocycles. The molecule has 0 bridgehead atoms. The van der Waals surface area contributed by atoms with Gasteiger partial charge in [0.1, 0.15) is 0 Å². The summed E-state index contributed by atoms with van der Waals surface area (Å²) in [5.74, 6) is 0. The Balaban J connectivity index is 2.51. The van der Waals surface area contributed by atoms with E-state index in [1.54, 1.807) is 0 Å². The summed E-state index contributed by atoms with van der Waals surface area (Å²) in [6, 6.07) is 5.82. The predicted octanol–water partition coefficient (Wildman–Crippen LogP) is 3.26. The van der Waals surface area contributed by atoms with Crippen molar-refractivity contribution in [3.8, 4) is 0 Å². The zero-order valence-electron chi connectivity index (χ0n) is 9.00. The minimum atomic E-state index is 0.0786. The van der Waals surface area contributed by atoms with Gasteiger partial charge in [0, 0.05) is 11.1 Å². The first-order valence-corrected chi connectivity index (χ1v) is 6.03. The van der Waals surface area contributed by atoms with E-state index in [9.17, 15) is 0 Å². The number of aliphatic hydroxyl groups is 1. The molecule has 3 heteroatoms. The van der Waals surface area contributed by atoms with E-state index in [0.29, 0.717) is 6.61 Å². The molecule has 0 fully saturated rings. The summed E-state index contributed by atoms with van der Waals surface area (Å²) in [5, 5.41) is 9.01. The monoisotopic (exact) mass is 272 g/mol. The Morgan fingerprint density at radius 2 is 2.20 bits per heavy atom. The lowest BCUT2D eigenvalue weighted by molar-refractivity contribution is 0.117. The Morgan fingerprint density at radius 3 is 2.87 bits per heavy atom. The Bertz CT molecular complexity index is 300. The van der Waals surface area contributed by atoms with E-state index in [2.05, 4.69) is 22.9 Å². The predicted molar refractivity (Wildman–Crippen MR) is 64.6 cm³/mol. The largest absolute Gasteiger partial charge is 0.392 e. The minimum absolute atomic E-state index is 0.0786. The van der Waals surface area contributed by atoms with Crippen LogP contribution in [0, 0.1) is 0 Å². The van der Waals surface area contributed by atoms with Crippen molar-refractivity contribution >= 4 is 15.9 Å². The van der Waals surface area contributed by atoms with Gasteiger partial charge in [-0.15, -0.1) is 0 Å². The molecule has 0 aromatic heterocycles. The molecule has 0 aliphatic carbocycles. The van der Waals surface area contributed by atoms with Gasteiger partial charge in [0.2, 0.25) is 0 Å². The van der Waals surface area contributed by atoms with E-state index in [0.717, 1.165) is 35.0 Å². The van der Waals surface area contributed by atoms with E-state index < -0.39 is 0 Å². The van der Waals surface area contributed by atoms with Gasteiger partial charge in [-0.25, -0.2) is 0 Å². The van der Waals surface area contributed by atoms with Crippen LogP contribution in [0.1, 0.15) is 30.9 Å². The van der Waals surface area contributed by atoms with Crippen molar-refractivity contribution in [2.45, 2.75) is 33.0 Å². The summed E-state index contributed by atoms with van der Waals surface area (Å²) in [6.45, 7) is 3.63. The Labute approximate surface area is 99.4 Å². The third-order valence-corrected chi connectivity index (χ3v) is 2.97. The lowest BCUT2D eigenvalue weighted by Gasteiger charge is -2.07. The minimum Gasteiger partial charge on any atom is -0.392 e. The highest BCUT2D eigenvalue weighted by molar-refractivity contribution is 9.10. The molecule has 0 saturated carbocycles. The van der Waals surface area contributed by atoms with Crippen molar-refractivity contribution in [2.75, 3.05) is 6.61 Å². The van der Waals surface area contributed by atoms with Crippen LogP contribution in [0.5, 0.6) is 0 Å². The van der Waals surface area contributed by atoms with Crippen LogP contribution in [0.2, 0.25) is 0 Å². The van der Waals surface area contributed by atoms with Crippen LogP contribution in [0.25, 0.3) is 0 Å². The molecule has 0 aliphatic heterocycles. The van der Waals surface area contributed by atoms with Gasteiger partial charge in [0.25, 0.3) is 0 Å². The van der Waals surface area contributed by atoms with Crippen LogP contribution in [0.15, 0.2) is 22.7 Å². The van der Waals surface area contributed by atoms with Gasteiger partial charge < -0.3 is 9.84 Å². The second-order valence-electron chi connectivity index (χ2n) is 3.49. The molecule has 2 nitrogen and oxygen atoms in total. The maximum absolute atomic E-state index is 9.01. The number of ether oxygens (including phenoxy) is 1. The molecule has 0 aliphatic rings. The number of unbranched alkanes of at least 4 members (excludes halogenated alkanes) is 1. The molecule has 1 rings (SSSR count). The molecule has 1 aromatic rings. The molecule has 0 radical (unpaired) electrons. The molecular formula is C12H17BrO2. The Hall–Kier alpha value is -0.380. The lowest BCUT2D eigenvalue weighted by atomic mass is 10.1. The fraction of sp³-hybridized carbons (Fsp3) is 0.500. The zero-order valence-corrected chi connectivity index (χ0v) is 10.6. The molecule has 0 saturated heterocycles. The van der Waals surface area contributed by atoms with Crippen molar-refractivity contribution in [1.29, 1.82) is 0 Å². The van der Waals surface area contributed by atoms with Crippen LogP contribution in [0.4, 0.5) is 0 Å². The molecule has 1 N–H and O–H groups in total. The highest BCUT2D eigenvalue weighted by atomic mass is 79.9. The van der Waals surface area contributed by atoms with Crippen LogP contribution in [0.3, 0.4) is 0 Å². The molecular weight excluding hydrogens is 256 g/mol. The maximum Gasteiger partial charge on any atom is 0.0727 e. The van der Waals surface area contributed by atoms with Gasteiger partial charge in [-0.2, -0.15) is 0 Å². The molecule has 84 valence electrons. The van der Waals surface area contributed by atoms with Crippen LogP contribution < -0.4 is 0 Å². The molecule has 0 unspecified atom stereocenters. The number of benzene rings is 1. The van der Waals surface area contributed by atoms with Gasteiger partial charge >= 0.3 is 0 Å². The summed E-state index contributed by atoms with van der Waals surface area (Å²) in [4.78, 5) is 0. The van der Waals surface area contributed by atoms with Gasteiger partial charge in [0.15, 0.2) is 0 Å². The van der Waals surface area contributed by atoms with Gasteiger partial charge in [-0.05, 0) is 23.6 Å². The highest BCUT2D eigenvalue weighted by Crippen LogP contribution is 2.19. The molecule has 1 aromatic carbocycles. The second-order valence-corrected chi connectivity index (χ2v) is 4.34. The van der Waals surface area contributed by atoms with Gasteiger partial charge in [-0.1, -0.05) is 41.4 Å². The number of halogens is 1. The second kappa shape index (κ2) is 6.99. The van der Waals surface area contributed by atoms with Crippen LogP contribution in [-0.4, -0.2) is 11.7 Å².